The summed E-state index contributed by atoms with van der Waals surface area (Å²) in [6.07, 6.45) is 0.129. The van der Waals surface area contributed by atoms with E-state index in [0.717, 1.165) is 11.1 Å². The maximum absolute atomic E-state index is 13.1. The summed E-state index contributed by atoms with van der Waals surface area (Å²) in [5.41, 5.74) is 2.00. The minimum atomic E-state index is -0.393. The lowest BCUT2D eigenvalue weighted by molar-refractivity contribution is -0.115. The molecule has 0 spiro atoms. The molecule has 22 heavy (non-hydrogen) atoms. The Labute approximate surface area is 128 Å². The molecule has 0 unspecified atom stereocenters. The third-order valence-electron chi connectivity index (χ3n) is 3.32. The zero-order valence-electron chi connectivity index (χ0n) is 12.8. The summed E-state index contributed by atoms with van der Waals surface area (Å²) in [6.45, 7) is 1.87. The number of carbonyl (C=O) groups is 1. The summed E-state index contributed by atoms with van der Waals surface area (Å²) in [7, 11) is 3.13. The highest BCUT2D eigenvalue weighted by Gasteiger charge is 2.14. The number of hydrogen-bond acceptors (Lipinski definition) is 3. The Kier molecular flexibility index (Phi) is 4.99. The maximum Gasteiger partial charge on any atom is 0.228 e. The van der Waals surface area contributed by atoms with Crippen molar-refractivity contribution in [2.24, 2.45) is 0 Å². The second-order valence-corrected chi connectivity index (χ2v) is 4.82. The van der Waals surface area contributed by atoms with E-state index in [9.17, 15) is 9.18 Å². The molecule has 1 N–H and O–H groups in total. The molecule has 0 aliphatic heterocycles. The van der Waals surface area contributed by atoms with E-state index in [4.69, 9.17) is 9.47 Å². The number of halogens is 1. The molecule has 5 heteroatoms. The maximum atomic E-state index is 13.1. The first-order valence-corrected chi connectivity index (χ1v) is 6.81. The van der Waals surface area contributed by atoms with Gasteiger partial charge in [-0.3, -0.25) is 4.79 Å². The molecule has 0 bridgehead atoms. The van der Waals surface area contributed by atoms with Crippen molar-refractivity contribution < 1.29 is 18.7 Å². The van der Waals surface area contributed by atoms with Crippen molar-refractivity contribution in [3.05, 3.63) is 53.3 Å². The molecule has 2 aromatic rings. The number of methoxy groups -OCH3 is 2. The first kappa shape index (κ1) is 15.8. The van der Waals surface area contributed by atoms with Crippen LogP contribution in [0.4, 0.5) is 10.1 Å². The highest BCUT2D eigenvalue weighted by Crippen LogP contribution is 2.31. The van der Waals surface area contributed by atoms with Gasteiger partial charge in [0.15, 0.2) is 0 Å². The van der Waals surface area contributed by atoms with Gasteiger partial charge in [-0.25, -0.2) is 4.39 Å². The van der Waals surface area contributed by atoms with Crippen molar-refractivity contribution in [3.8, 4) is 11.5 Å². The van der Waals surface area contributed by atoms with Gasteiger partial charge in [0.05, 0.1) is 20.6 Å². The number of hydrogen-bond donors (Lipinski definition) is 1. The minimum absolute atomic E-state index is 0.129. The monoisotopic (exact) mass is 303 g/mol. The van der Waals surface area contributed by atoms with Crippen LogP contribution < -0.4 is 14.8 Å². The van der Waals surface area contributed by atoms with E-state index in [1.807, 2.05) is 6.92 Å². The van der Waals surface area contributed by atoms with E-state index in [-0.39, 0.29) is 12.3 Å². The molecule has 0 fully saturated rings. The van der Waals surface area contributed by atoms with Crippen LogP contribution in [0.2, 0.25) is 0 Å². The predicted molar refractivity (Wildman–Crippen MR) is 83.0 cm³/mol. The van der Waals surface area contributed by atoms with Gasteiger partial charge in [0.2, 0.25) is 5.91 Å². The number of carbonyl (C=O) groups excluding carboxylic acids is 1. The average molecular weight is 303 g/mol. The zero-order chi connectivity index (χ0) is 16.1. The minimum Gasteiger partial charge on any atom is -0.496 e. The second kappa shape index (κ2) is 6.93. The predicted octanol–water partition coefficient (Wildman–Crippen LogP) is 3.33. The molecule has 0 saturated heterocycles. The van der Waals surface area contributed by atoms with Crippen molar-refractivity contribution >= 4 is 11.6 Å². The SMILES string of the molecule is COc1ccc(CC(=O)Nc2cccc(F)c2)c(OC)c1C. The number of amides is 1. The van der Waals surface area contributed by atoms with Gasteiger partial charge in [-0.2, -0.15) is 0 Å². The third-order valence-corrected chi connectivity index (χ3v) is 3.32. The Morgan fingerprint density at radius 1 is 1.18 bits per heavy atom. The van der Waals surface area contributed by atoms with Crippen LogP contribution in [0.5, 0.6) is 11.5 Å². The number of nitrogens with one attached hydrogen (secondary N) is 1. The van der Waals surface area contributed by atoms with Crippen LogP contribution in [-0.2, 0) is 11.2 Å². The Morgan fingerprint density at radius 2 is 1.95 bits per heavy atom. The number of ether oxygens (including phenoxy) is 2. The Balaban J connectivity index is 2.16. The molecule has 0 aliphatic rings. The largest absolute Gasteiger partial charge is 0.496 e. The molecule has 4 nitrogen and oxygen atoms in total. The zero-order valence-corrected chi connectivity index (χ0v) is 12.8. The first-order chi connectivity index (χ1) is 10.5. The van der Waals surface area contributed by atoms with Gasteiger partial charge in [-0.1, -0.05) is 12.1 Å². The summed E-state index contributed by atoms with van der Waals surface area (Å²) >= 11 is 0. The number of anilines is 1. The summed E-state index contributed by atoms with van der Waals surface area (Å²) < 4.78 is 23.7. The first-order valence-electron chi connectivity index (χ1n) is 6.81. The molecule has 2 rings (SSSR count). The van der Waals surface area contributed by atoms with E-state index >= 15 is 0 Å². The van der Waals surface area contributed by atoms with Crippen LogP contribution in [0.3, 0.4) is 0 Å². The smallest absolute Gasteiger partial charge is 0.228 e. The van der Waals surface area contributed by atoms with Crippen molar-refractivity contribution in [2.75, 3.05) is 19.5 Å². The van der Waals surface area contributed by atoms with Gasteiger partial charge < -0.3 is 14.8 Å². The summed E-state index contributed by atoms with van der Waals surface area (Å²) in [4.78, 5) is 12.1. The molecule has 1 amide bonds. The van der Waals surface area contributed by atoms with Gasteiger partial charge in [0, 0.05) is 16.8 Å². The normalized spacial score (nSPS) is 10.2. The van der Waals surface area contributed by atoms with E-state index in [2.05, 4.69) is 5.32 Å². The van der Waals surface area contributed by atoms with Gasteiger partial charge in [-0.15, -0.1) is 0 Å². The van der Waals surface area contributed by atoms with Crippen molar-refractivity contribution in [1.29, 1.82) is 0 Å². The fourth-order valence-corrected chi connectivity index (χ4v) is 2.32. The molecular weight excluding hydrogens is 285 g/mol. The van der Waals surface area contributed by atoms with Crippen LogP contribution in [0, 0.1) is 12.7 Å². The van der Waals surface area contributed by atoms with Crippen molar-refractivity contribution in [2.45, 2.75) is 13.3 Å². The standard InChI is InChI=1S/C17H18FNO3/c1-11-15(21-2)8-7-12(17(11)22-3)9-16(20)19-14-6-4-5-13(18)10-14/h4-8,10H,9H2,1-3H3,(H,19,20). The molecule has 2 aromatic carbocycles. The van der Waals surface area contributed by atoms with E-state index in [1.54, 1.807) is 38.5 Å². The molecule has 0 radical (unpaired) electrons. The van der Waals surface area contributed by atoms with Gasteiger partial charge in [0.25, 0.3) is 0 Å². The van der Waals surface area contributed by atoms with E-state index in [1.165, 1.54) is 12.1 Å². The summed E-state index contributed by atoms with van der Waals surface area (Å²) in [5.74, 6) is 0.684. The lowest BCUT2D eigenvalue weighted by Gasteiger charge is -2.14. The molecule has 116 valence electrons. The Morgan fingerprint density at radius 3 is 2.59 bits per heavy atom. The molecule has 0 saturated carbocycles. The van der Waals surface area contributed by atoms with Gasteiger partial charge in [-0.05, 0) is 31.2 Å². The lowest BCUT2D eigenvalue weighted by atomic mass is 10.1. The van der Waals surface area contributed by atoms with Crippen LogP contribution in [0.15, 0.2) is 36.4 Å². The Hall–Kier alpha value is -2.56. The topological polar surface area (TPSA) is 47.6 Å². The van der Waals surface area contributed by atoms with Crippen molar-refractivity contribution in [3.63, 3.8) is 0 Å². The lowest BCUT2D eigenvalue weighted by Crippen LogP contribution is -2.15. The van der Waals surface area contributed by atoms with Gasteiger partial charge in [0.1, 0.15) is 17.3 Å². The van der Waals surface area contributed by atoms with Crippen LogP contribution >= 0.6 is 0 Å². The summed E-state index contributed by atoms with van der Waals surface area (Å²) in [5, 5.41) is 2.66. The number of rotatable bonds is 5. The molecule has 0 heterocycles. The van der Waals surface area contributed by atoms with E-state index < -0.39 is 5.82 Å². The second-order valence-electron chi connectivity index (χ2n) is 4.82. The third kappa shape index (κ3) is 3.55. The molecule has 0 aromatic heterocycles. The summed E-state index contributed by atoms with van der Waals surface area (Å²) in [6, 6.07) is 9.36. The molecular formula is C17H18FNO3. The molecule has 0 atom stereocenters. The molecule has 0 aliphatic carbocycles. The quantitative estimate of drug-likeness (QED) is 0.921. The van der Waals surface area contributed by atoms with Crippen LogP contribution in [-0.4, -0.2) is 20.1 Å². The Bertz CT molecular complexity index is 686. The van der Waals surface area contributed by atoms with Crippen LogP contribution in [0.25, 0.3) is 0 Å². The average Bonchev–Trinajstić information content (AvgIpc) is 2.47. The van der Waals surface area contributed by atoms with Crippen LogP contribution in [0.1, 0.15) is 11.1 Å². The highest BCUT2D eigenvalue weighted by molar-refractivity contribution is 5.92. The van der Waals surface area contributed by atoms with Crippen molar-refractivity contribution in [1.82, 2.24) is 0 Å². The van der Waals surface area contributed by atoms with E-state index in [0.29, 0.717) is 17.2 Å². The van der Waals surface area contributed by atoms with Gasteiger partial charge >= 0.3 is 0 Å². The fourth-order valence-electron chi connectivity index (χ4n) is 2.32. The number of benzene rings is 2. The highest BCUT2D eigenvalue weighted by atomic mass is 19.1. The fraction of sp³-hybridized carbons (Fsp3) is 0.235.